The molecule has 20 heavy (non-hydrogen) atoms. The number of carboxylic acids is 1. The Morgan fingerprint density at radius 3 is 2.55 bits per heavy atom. The number of anilines is 1. The predicted molar refractivity (Wildman–Crippen MR) is 81.1 cm³/mol. The molecule has 0 atom stereocenters. The third-order valence-electron chi connectivity index (χ3n) is 4.18. The van der Waals surface area contributed by atoms with Crippen LogP contribution in [0, 0.1) is 6.92 Å². The van der Waals surface area contributed by atoms with Crippen molar-refractivity contribution >= 4 is 11.7 Å². The number of nitrogens with one attached hydrogen (secondary N) is 1. The SMILES string of the molecule is CCCN1CCC(Nc2ccccc2C)(C(=O)O)CC1. The van der Waals surface area contributed by atoms with Crippen molar-refractivity contribution in [2.75, 3.05) is 25.0 Å². The number of hydrogen-bond acceptors (Lipinski definition) is 3. The lowest BCUT2D eigenvalue weighted by Gasteiger charge is -2.40. The molecular weight excluding hydrogens is 252 g/mol. The normalized spacial score (nSPS) is 18.7. The molecule has 0 aromatic heterocycles. The summed E-state index contributed by atoms with van der Waals surface area (Å²) in [5.41, 5.74) is 1.19. The standard InChI is InChI=1S/C16H24N2O2/c1-3-10-18-11-8-16(9-12-18,15(19)20)17-14-7-5-4-6-13(14)2/h4-7,17H,3,8-12H2,1-2H3,(H,19,20). The van der Waals surface area contributed by atoms with Crippen molar-refractivity contribution in [3.8, 4) is 0 Å². The average Bonchev–Trinajstić information content (AvgIpc) is 2.44. The van der Waals surface area contributed by atoms with Crippen LogP contribution in [-0.4, -0.2) is 41.1 Å². The molecule has 0 spiro atoms. The van der Waals surface area contributed by atoms with Crippen LogP contribution in [0.1, 0.15) is 31.7 Å². The van der Waals surface area contributed by atoms with E-state index in [9.17, 15) is 9.90 Å². The van der Waals surface area contributed by atoms with E-state index >= 15 is 0 Å². The first-order valence-electron chi connectivity index (χ1n) is 7.37. The zero-order chi connectivity index (χ0) is 14.6. The first-order chi connectivity index (χ1) is 9.57. The minimum absolute atomic E-state index is 0.649. The van der Waals surface area contributed by atoms with Crippen LogP contribution in [0.4, 0.5) is 5.69 Å². The first kappa shape index (κ1) is 14.9. The van der Waals surface area contributed by atoms with Gasteiger partial charge in [0, 0.05) is 18.8 Å². The first-order valence-corrected chi connectivity index (χ1v) is 7.37. The highest BCUT2D eigenvalue weighted by molar-refractivity contribution is 5.83. The van der Waals surface area contributed by atoms with Gasteiger partial charge in [-0.05, 0) is 44.4 Å². The molecule has 1 aromatic carbocycles. The van der Waals surface area contributed by atoms with Crippen LogP contribution in [0.25, 0.3) is 0 Å². The van der Waals surface area contributed by atoms with Crippen molar-refractivity contribution in [1.29, 1.82) is 0 Å². The Morgan fingerprint density at radius 1 is 1.35 bits per heavy atom. The van der Waals surface area contributed by atoms with E-state index in [4.69, 9.17) is 0 Å². The Balaban J connectivity index is 2.12. The van der Waals surface area contributed by atoms with Gasteiger partial charge in [0.1, 0.15) is 5.54 Å². The average molecular weight is 276 g/mol. The van der Waals surface area contributed by atoms with E-state index in [1.807, 2.05) is 31.2 Å². The summed E-state index contributed by atoms with van der Waals surface area (Å²) < 4.78 is 0. The number of likely N-dealkylation sites (tertiary alicyclic amines) is 1. The fourth-order valence-electron chi connectivity index (χ4n) is 2.84. The van der Waals surface area contributed by atoms with E-state index in [0.29, 0.717) is 12.8 Å². The van der Waals surface area contributed by atoms with Gasteiger partial charge >= 0.3 is 5.97 Å². The minimum atomic E-state index is -0.823. The van der Waals surface area contributed by atoms with E-state index in [-0.39, 0.29) is 0 Å². The number of nitrogens with zero attached hydrogens (tertiary/aromatic N) is 1. The van der Waals surface area contributed by atoms with Crippen LogP contribution >= 0.6 is 0 Å². The fourth-order valence-corrected chi connectivity index (χ4v) is 2.84. The molecule has 2 N–H and O–H groups in total. The van der Waals surface area contributed by atoms with Crippen molar-refractivity contribution in [3.63, 3.8) is 0 Å². The van der Waals surface area contributed by atoms with Crippen molar-refractivity contribution < 1.29 is 9.90 Å². The highest BCUT2D eigenvalue weighted by Crippen LogP contribution is 2.29. The molecule has 1 heterocycles. The molecule has 0 radical (unpaired) electrons. The Morgan fingerprint density at radius 2 is 2.00 bits per heavy atom. The predicted octanol–water partition coefficient (Wildman–Crippen LogP) is 2.74. The number of aliphatic carboxylic acids is 1. The van der Waals surface area contributed by atoms with Crippen molar-refractivity contribution in [3.05, 3.63) is 29.8 Å². The summed E-state index contributed by atoms with van der Waals surface area (Å²) in [4.78, 5) is 14.1. The monoisotopic (exact) mass is 276 g/mol. The molecule has 110 valence electrons. The molecule has 4 heteroatoms. The summed E-state index contributed by atoms with van der Waals surface area (Å²) in [5, 5.41) is 13.0. The number of benzene rings is 1. The molecule has 1 saturated heterocycles. The number of carbonyl (C=O) groups is 1. The number of hydrogen-bond donors (Lipinski definition) is 2. The number of rotatable bonds is 5. The van der Waals surface area contributed by atoms with Crippen molar-refractivity contribution in [2.45, 2.75) is 38.6 Å². The Hall–Kier alpha value is -1.55. The van der Waals surface area contributed by atoms with Gasteiger partial charge in [-0.3, -0.25) is 0 Å². The van der Waals surface area contributed by atoms with Gasteiger partial charge in [-0.15, -0.1) is 0 Å². The number of para-hydroxylation sites is 1. The molecule has 1 aromatic rings. The Kier molecular flexibility index (Phi) is 4.65. The summed E-state index contributed by atoms with van der Waals surface area (Å²) in [7, 11) is 0. The molecule has 0 bridgehead atoms. The van der Waals surface area contributed by atoms with Gasteiger partial charge < -0.3 is 15.3 Å². The zero-order valence-corrected chi connectivity index (χ0v) is 12.4. The lowest BCUT2D eigenvalue weighted by Crippen LogP contribution is -2.54. The third kappa shape index (κ3) is 3.12. The smallest absolute Gasteiger partial charge is 0.329 e. The van der Waals surface area contributed by atoms with Crippen molar-refractivity contribution in [2.24, 2.45) is 0 Å². The molecule has 1 aliphatic heterocycles. The topological polar surface area (TPSA) is 52.6 Å². The maximum Gasteiger partial charge on any atom is 0.329 e. The summed E-state index contributed by atoms with van der Waals surface area (Å²) in [6.07, 6.45) is 2.42. The van der Waals surface area contributed by atoms with Gasteiger partial charge in [0.2, 0.25) is 0 Å². The van der Waals surface area contributed by atoms with E-state index in [0.717, 1.165) is 37.3 Å². The van der Waals surface area contributed by atoms with Gasteiger partial charge in [-0.1, -0.05) is 25.1 Å². The molecule has 0 unspecified atom stereocenters. The van der Waals surface area contributed by atoms with Gasteiger partial charge in [-0.25, -0.2) is 4.79 Å². The Labute approximate surface area is 120 Å². The van der Waals surface area contributed by atoms with Crippen LogP contribution in [0.2, 0.25) is 0 Å². The molecule has 0 aliphatic carbocycles. The summed E-state index contributed by atoms with van der Waals surface area (Å²) in [6.45, 7) is 6.91. The van der Waals surface area contributed by atoms with Crippen LogP contribution < -0.4 is 5.32 Å². The molecular formula is C16H24N2O2. The molecule has 4 nitrogen and oxygen atoms in total. The van der Waals surface area contributed by atoms with Crippen LogP contribution in [0.15, 0.2) is 24.3 Å². The van der Waals surface area contributed by atoms with E-state index in [2.05, 4.69) is 17.1 Å². The fraction of sp³-hybridized carbons (Fsp3) is 0.562. The molecule has 0 amide bonds. The quantitative estimate of drug-likeness (QED) is 0.868. The maximum atomic E-state index is 11.8. The molecule has 1 fully saturated rings. The molecule has 2 rings (SSSR count). The maximum absolute atomic E-state index is 11.8. The highest BCUT2D eigenvalue weighted by atomic mass is 16.4. The third-order valence-corrected chi connectivity index (χ3v) is 4.18. The van der Waals surface area contributed by atoms with Crippen LogP contribution in [0.3, 0.4) is 0 Å². The second-order valence-corrected chi connectivity index (χ2v) is 5.67. The van der Waals surface area contributed by atoms with Gasteiger partial charge in [-0.2, -0.15) is 0 Å². The lowest BCUT2D eigenvalue weighted by molar-refractivity contribution is -0.144. The zero-order valence-electron chi connectivity index (χ0n) is 12.4. The lowest BCUT2D eigenvalue weighted by atomic mass is 9.86. The number of carboxylic acid groups (broad SMARTS) is 1. The summed E-state index contributed by atoms with van der Waals surface area (Å²) >= 11 is 0. The highest BCUT2D eigenvalue weighted by Gasteiger charge is 2.41. The molecule has 1 aliphatic rings. The van der Waals surface area contributed by atoms with E-state index < -0.39 is 11.5 Å². The minimum Gasteiger partial charge on any atom is -0.480 e. The second kappa shape index (κ2) is 6.27. The van der Waals surface area contributed by atoms with E-state index in [1.165, 1.54) is 0 Å². The van der Waals surface area contributed by atoms with Crippen LogP contribution in [-0.2, 0) is 4.79 Å². The van der Waals surface area contributed by atoms with Crippen LogP contribution in [0.5, 0.6) is 0 Å². The van der Waals surface area contributed by atoms with Gasteiger partial charge in [0.05, 0.1) is 0 Å². The second-order valence-electron chi connectivity index (χ2n) is 5.67. The van der Waals surface area contributed by atoms with Gasteiger partial charge in [0.15, 0.2) is 0 Å². The van der Waals surface area contributed by atoms with E-state index in [1.54, 1.807) is 0 Å². The number of aryl methyl sites for hydroxylation is 1. The Bertz CT molecular complexity index is 465. The summed E-state index contributed by atoms with van der Waals surface area (Å²) in [6, 6.07) is 7.87. The van der Waals surface area contributed by atoms with Gasteiger partial charge in [0.25, 0.3) is 0 Å². The molecule has 0 saturated carbocycles. The van der Waals surface area contributed by atoms with Crippen molar-refractivity contribution in [1.82, 2.24) is 4.90 Å². The number of piperidine rings is 1. The largest absolute Gasteiger partial charge is 0.480 e. The summed E-state index contributed by atoms with van der Waals surface area (Å²) in [5.74, 6) is -0.739.